The molecule has 0 radical (unpaired) electrons. The molecule has 0 aromatic carbocycles. The molecule has 3 saturated heterocycles. The van der Waals surface area contributed by atoms with Crippen LogP contribution in [0.15, 0.2) is 24.3 Å². The summed E-state index contributed by atoms with van der Waals surface area (Å²) in [6.07, 6.45) is 15.0. The lowest BCUT2D eigenvalue weighted by Gasteiger charge is -2.48. The Morgan fingerprint density at radius 1 is 0.461 bits per heavy atom. The zero-order valence-corrected chi connectivity index (χ0v) is 46.2. The fourth-order valence-electron chi connectivity index (χ4n) is 10.1. The van der Waals surface area contributed by atoms with E-state index in [0.29, 0.717) is 12.8 Å². The maximum Gasteiger partial charge on any atom is 0.220 e. The average Bonchev–Trinajstić information content (AvgIpc) is 3.41. The van der Waals surface area contributed by atoms with Crippen molar-refractivity contribution >= 4 is 5.91 Å². The van der Waals surface area contributed by atoms with Crippen LogP contribution in [0.25, 0.3) is 0 Å². The van der Waals surface area contributed by atoms with Gasteiger partial charge in [-0.1, -0.05) is 186 Å². The molecular weight excluding hydrogens is 987 g/mol. The van der Waals surface area contributed by atoms with Gasteiger partial charge in [-0.05, 0) is 32.1 Å². The van der Waals surface area contributed by atoms with Crippen molar-refractivity contribution in [2.24, 2.45) is 0 Å². The van der Waals surface area contributed by atoms with Gasteiger partial charge in [0.15, 0.2) is 18.9 Å². The number of rotatable bonds is 43. The molecule has 3 aliphatic rings. The van der Waals surface area contributed by atoms with Crippen LogP contribution in [0.5, 0.6) is 0 Å². The van der Waals surface area contributed by atoms with Gasteiger partial charge in [-0.3, -0.25) is 4.79 Å². The number of carbonyl (C=O) groups is 1. The van der Waals surface area contributed by atoms with Gasteiger partial charge in [0.2, 0.25) is 5.91 Å². The Kier molecular flexibility index (Phi) is 37.2. The van der Waals surface area contributed by atoms with E-state index in [0.717, 1.165) is 51.4 Å². The molecule has 446 valence electrons. The molecule has 19 heteroatoms. The predicted octanol–water partition coefficient (Wildman–Crippen LogP) is 4.76. The van der Waals surface area contributed by atoms with E-state index in [1.165, 1.54) is 116 Å². The van der Waals surface area contributed by atoms with Crippen LogP contribution in [0.4, 0.5) is 0 Å². The van der Waals surface area contributed by atoms with Crippen LogP contribution in [0.2, 0.25) is 0 Å². The van der Waals surface area contributed by atoms with Crippen molar-refractivity contribution in [3.63, 3.8) is 0 Å². The molecule has 0 spiro atoms. The molecule has 3 heterocycles. The molecule has 0 bridgehead atoms. The van der Waals surface area contributed by atoms with Crippen molar-refractivity contribution in [2.45, 2.75) is 304 Å². The highest BCUT2D eigenvalue weighted by Gasteiger charge is 2.53. The third kappa shape index (κ3) is 25.4. The second kappa shape index (κ2) is 41.3. The van der Waals surface area contributed by atoms with E-state index in [-0.39, 0.29) is 18.9 Å². The SMILES string of the molecule is CCCCCCCCCCCCCCCCCCCC/C=C/CC/C=C/C(O)C(COC1OC(CO)C(OC2OC(CO)C(OC3OC(CO)C(O)C(O)C3O)C(O)C2O)C(O)C1O)NC(=O)CCCCCCCCC. The molecule has 19 nitrogen and oxygen atoms in total. The van der Waals surface area contributed by atoms with E-state index >= 15 is 0 Å². The fourth-order valence-corrected chi connectivity index (χ4v) is 10.1. The molecule has 1 amide bonds. The highest BCUT2D eigenvalue weighted by Crippen LogP contribution is 2.33. The largest absolute Gasteiger partial charge is 0.394 e. The van der Waals surface area contributed by atoms with Gasteiger partial charge in [-0.15, -0.1) is 0 Å². The molecule has 76 heavy (non-hydrogen) atoms. The van der Waals surface area contributed by atoms with Gasteiger partial charge >= 0.3 is 0 Å². The van der Waals surface area contributed by atoms with Crippen molar-refractivity contribution < 1.29 is 89.4 Å². The topological polar surface area (TPSA) is 307 Å². The van der Waals surface area contributed by atoms with Crippen molar-refractivity contribution in [1.82, 2.24) is 5.32 Å². The number of nitrogens with one attached hydrogen (secondary N) is 1. The van der Waals surface area contributed by atoms with E-state index < -0.39 is 124 Å². The highest BCUT2D eigenvalue weighted by atomic mass is 16.8. The minimum absolute atomic E-state index is 0.236. The van der Waals surface area contributed by atoms with E-state index in [2.05, 4.69) is 31.3 Å². The van der Waals surface area contributed by atoms with Gasteiger partial charge < -0.3 is 89.9 Å². The number of hydrogen-bond donors (Lipinski definition) is 12. The van der Waals surface area contributed by atoms with Crippen molar-refractivity contribution in [3.05, 3.63) is 24.3 Å². The van der Waals surface area contributed by atoms with Gasteiger partial charge in [0.05, 0.1) is 38.6 Å². The number of allylic oxidation sites excluding steroid dienone is 3. The van der Waals surface area contributed by atoms with Crippen LogP contribution in [0.3, 0.4) is 0 Å². The van der Waals surface area contributed by atoms with Crippen LogP contribution >= 0.6 is 0 Å². The molecule has 17 unspecified atom stereocenters. The van der Waals surface area contributed by atoms with Gasteiger partial charge in [-0.25, -0.2) is 0 Å². The maximum atomic E-state index is 13.2. The number of aliphatic hydroxyl groups is 11. The Balaban J connectivity index is 1.45. The maximum absolute atomic E-state index is 13.2. The quantitative estimate of drug-likeness (QED) is 0.0289. The lowest BCUT2D eigenvalue weighted by atomic mass is 9.96. The molecule has 0 aromatic heterocycles. The summed E-state index contributed by atoms with van der Waals surface area (Å²) in [5.41, 5.74) is 0. The number of amides is 1. The van der Waals surface area contributed by atoms with Crippen LogP contribution in [-0.2, 0) is 33.2 Å². The Bertz CT molecular complexity index is 1490. The summed E-state index contributed by atoms with van der Waals surface area (Å²) in [7, 11) is 0. The van der Waals surface area contributed by atoms with Crippen molar-refractivity contribution in [1.29, 1.82) is 0 Å². The first-order chi connectivity index (χ1) is 36.8. The highest BCUT2D eigenvalue weighted by molar-refractivity contribution is 5.76. The Morgan fingerprint density at radius 3 is 1.32 bits per heavy atom. The molecule has 3 rings (SSSR count). The third-order valence-corrected chi connectivity index (χ3v) is 15.0. The van der Waals surface area contributed by atoms with E-state index in [9.17, 15) is 61.0 Å². The standard InChI is InChI=1S/C57H105NO18/c1-3-5-7-9-11-12-13-14-15-16-17-18-19-20-21-22-23-24-25-26-27-29-30-32-34-41(62)40(58-45(63)35-33-31-28-10-8-6-4-2)39-71-55-51(69)48(66)53(43(37-60)73-55)76-57-52(70)49(67)54(44(38-61)74-57)75-56-50(68)47(65)46(64)42(36-59)72-56/h26-27,32,34,40-44,46-57,59-62,64-70H,3-25,28-31,33,35-39H2,1-2H3,(H,58,63)/b27-26+,34-32+. The normalized spacial score (nSPS) is 31.1. The predicted molar refractivity (Wildman–Crippen MR) is 286 cm³/mol. The molecule has 0 saturated carbocycles. The van der Waals surface area contributed by atoms with Gasteiger partial charge in [-0.2, -0.15) is 0 Å². The molecule has 12 N–H and O–H groups in total. The summed E-state index contributed by atoms with van der Waals surface area (Å²) < 4.78 is 34.1. The minimum Gasteiger partial charge on any atom is -0.394 e. The van der Waals surface area contributed by atoms with Crippen LogP contribution < -0.4 is 5.32 Å². The van der Waals surface area contributed by atoms with Gasteiger partial charge in [0, 0.05) is 6.42 Å². The Morgan fingerprint density at radius 2 is 0.842 bits per heavy atom. The first-order valence-corrected chi connectivity index (χ1v) is 29.6. The smallest absolute Gasteiger partial charge is 0.220 e. The summed E-state index contributed by atoms with van der Waals surface area (Å²) in [4.78, 5) is 13.2. The zero-order chi connectivity index (χ0) is 55.5. The molecule has 3 aliphatic heterocycles. The number of hydrogen-bond acceptors (Lipinski definition) is 18. The summed E-state index contributed by atoms with van der Waals surface area (Å²) in [5, 5.41) is 120. The van der Waals surface area contributed by atoms with Crippen molar-refractivity contribution in [2.75, 3.05) is 26.4 Å². The van der Waals surface area contributed by atoms with Gasteiger partial charge in [0.25, 0.3) is 0 Å². The fraction of sp³-hybridized carbons (Fsp3) is 0.912. The molecule has 0 aromatic rings. The second-order valence-electron chi connectivity index (χ2n) is 21.5. The summed E-state index contributed by atoms with van der Waals surface area (Å²) >= 11 is 0. The molecule has 0 aliphatic carbocycles. The zero-order valence-electron chi connectivity index (χ0n) is 46.2. The summed E-state index contributed by atoms with van der Waals surface area (Å²) in [5.74, 6) is -0.292. The van der Waals surface area contributed by atoms with E-state index in [1.807, 2.05) is 6.08 Å². The Labute approximate surface area is 454 Å². The minimum atomic E-state index is -1.98. The monoisotopic (exact) mass is 1090 g/mol. The third-order valence-electron chi connectivity index (χ3n) is 15.0. The molecule has 17 atom stereocenters. The van der Waals surface area contributed by atoms with Crippen LogP contribution in [-0.4, -0.2) is 193 Å². The van der Waals surface area contributed by atoms with Crippen LogP contribution in [0, 0.1) is 0 Å². The van der Waals surface area contributed by atoms with Crippen LogP contribution in [0.1, 0.15) is 200 Å². The first kappa shape index (κ1) is 68.5. The first-order valence-electron chi connectivity index (χ1n) is 29.6. The van der Waals surface area contributed by atoms with Crippen molar-refractivity contribution in [3.8, 4) is 0 Å². The molecular formula is C57H105NO18. The molecule has 3 fully saturated rings. The summed E-state index contributed by atoms with van der Waals surface area (Å²) in [6.45, 7) is 1.64. The average molecular weight is 1090 g/mol. The second-order valence-corrected chi connectivity index (χ2v) is 21.5. The number of unbranched alkanes of at least 4 members (excludes halogenated alkanes) is 25. The lowest BCUT2D eigenvalue weighted by molar-refractivity contribution is -0.379. The van der Waals surface area contributed by atoms with E-state index in [1.54, 1.807) is 6.08 Å². The van der Waals surface area contributed by atoms with Gasteiger partial charge in [0.1, 0.15) is 73.2 Å². The summed E-state index contributed by atoms with van der Waals surface area (Å²) in [6, 6.07) is -0.983. The number of ether oxygens (including phenoxy) is 6. The number of carbonyl (C=O) groups excluding carboxylic acids is 1. The number of aliphatic hydroxyl groups excluding tert-OH is 11. The van der Waals surface area contributed by atoms with E-state index in [4.69, 9.17) is 28.4 Å². The Hall–Kier alpha value is -1.73. The lowest BCUT2D eigenvalue weighted by Crippen LogP contribution is -2.66.